The van der Waals surface area contributed by atoms with Crippen molar-refractivity contribution in [1.29, 1.82) is 0 Å². The summed E-state index contributed by atoms with van der Waals surface area (Å²) in [5.74, 6) is -0.590. The summed E-state index contributed by atoms with van der Waals surface area (Å²) in [4.78, 5) is 32.8. The van der Waals surface area contributed by atoms with Gasteiger partial charge >= 0.3 is 5.97 Å². The van der Waals surface area contributed by atoms with Crippen LogP contribution in [0.5, 0.6) is 0 Å². The van der Waals surface area contributed by atoms with Crippen molar-refractivity contribution in [2.24, 2.45) is 0 Å². The molecule has 1 aromatic heterocycles. The number of nitrogens with zero attached hydrogens (tertiary/aromatic N) is 2. The van der Waals surface area contributed by atoms with E-state index in [-0.39, 0.29) is 5.78 Å². The summed E-state index contributed by atoms with van der Waals surface area (Å²) in [5, 5.41) is 12.6. The third-order valence-electron chi connectivity index (χ3n) is 5.05. The minimum absolute atomic E-state index is 0.0487. The second-order valence-electron chi connectivity index (χ2n) is 7.29. The Morgan fingerprint density at radius 3 is 2.09 bits per heavy atom. The van der Waals surface area contributed by atoms with Crippen molar-refractivity contribution in [1.82, 2.24) is 9.97 Å². The van der Waals surface area contributed by atoms with Crippen molar-refractivity contribution in [2.45, 2.75) is 12.5 Å². The first-order chi connectivity index (χ1) is 15.6. The van der Waals surface area contributed by atoms with Gasteiger partial charge in [0.15, 0.2) is 5.78 Å². The van der Waals surface area contributed by atoms with Gasteiger partial charge in [0.2, 0.25) is 0 Å². The zero-order chi connectivity index (χ0) is 22.3. The number of carboxylic acids is 1. The Hall–Kier alpha value is -4.32. The van der Waals surface area contributed by atoms with Gasteiger partial charge in [0.05, 0.1) is 5.69 Å². The number of rotatable bonds is 8. The van der Waals surface area contributed by atoms with Crippen molar-refractivity contribution in [3.63, 3.8) is 0 Å². The molecule has 1 heterocycles. The molecular formula is C26H21N3O3. The van der Waals surface area contributed by atoms with Crippen LogP contribution in [-0.4, -0.2) is 32.9 Å². The molecule has 0 amide bonds. The van der Waals surface area contributed by atoms with Crippen LogP contribution in [0.4, 0.5) is 5.82 Å². The Kier molecular flexibility index (Phi) is 6.32. The molecule has 0 aliphatic rings. The molecule has 158 valence electrons. The van der Waals surface area contributed by atoms with Gasteiger partial charge in [-0.25, -0.2) is 14.8 Å². The van der Waals surface area contributed by atoms with E-state index in [0.29, 0.717) is 29.1 Å². The maximum absolute atomic E-state index is 12.6. The molecular weight excluding hydrogens is 402 g/mol. The van der Waals surface area contributed by atoms with E-state index in [1.54, 1.807) is 30.3 Å². The van der Waals surface area contributed by atoms with E-state index in [2.05, 4.69) is 15.3 Å². The molecule has 1 unspecified atom stereocenters. The zero-order valence-corrected chi connectivity index (χ0v) is 17.2. The highest BCUT2D eigenvalue weighted by Gasteiger charge is 2.19. The first-order valence-corrected chi connectivity index (χ1v) is 10.2. The van der Waals surface area contributed by atoms with E-state index >= 15 is 0 Å². The molecule has 0 spiro atoms. The summed E-state index contributed by atoms with van der Waals surface area (Å²) in [7, 11) is 0. The van der Waals surface area contributed by atoms with E-state index in [0.717, 1.165) is 11.1 Å². The summed E-state index contributed by atoms with van der Waals surface area (Å²) in [6.45, 7) is 0. The normalized spacial score (nSPS) is 11.5. The van der Waals surface area contributed by atoms with E-state index in [4.69, 9.17) is 0 Å². The lowest BCUT2D eigenvalue weighted by atomic mass is 10.0. The largest absolute Gasteiger partial charge is 0.480 e. The van der Waals surface area contributed by atoms with E-state index < -0.39 is 12.0 Å². The van der Waals surface area contributed by atoms with Crippen molar-refractivity contribution >= 4 is 17.6 Å². The fraction of sp³-hybridized carbons (Fsp3) is 0.0769. The van der Waals surface area contributed by atoms with Crippen LogP contribution in [0.15, 0.2) is 97.3 Å². The third-order valence-corrected chi connectivity index (χ3v) is 5.05. The summed E-state index contributed by atoms with van der Waals surface area (Å²) in [5.41, 5.74) is 3.56. The average molecular weight is 423 g/mol. The Labute approximate surface area is 185 Å². The predicted octanol–water partition coefficient (Wildman–Crippen LogP) is 4.48. The van der Waals surface area contributed by atoms with Gasteiger partial charge in [0, 0.05) is 29.2 Å². The number of carbonyl (C=O) groups is 2. The molecule has 6 nitrogen and oxygen atoms in total. The number of anilines is 1. The number of hydrogen-bond donors (Lipinski definition) is 2. The first kappa shape index (κ1) is 20.9. The van der Waals surface area contributed by atoms with Crippen molar-refractivity contribution in [2.75, 3.05) is 5.32 Å². The van der Waals surface area contributed by atoms with Crippen LogP contribution < -0.4 is 5.32 Å². The van der Waals surface area contributed by atoms with Gasteiger partial charge in [-0.05, 0) is 5.56 Å². The maximum atomic E-state index is 12.6. The number of aliphatic carboxylic acids is 1. The molecule has 0 saturated heterocycles. The summed E-state index contributed by atoms with van der Waals surface area (Å²) >= 11 is 0. The van der Waals surface area contributed by atoms with Gasteiger partial charge < -0.3 is 10.4 Å². The Morgan fingerprint density at radius 1 is 0.812 bits per heavy atom. The molecule has 0 radical (unpaired) electrons. The minimum Gasteiger partial charge on any atom is -0.480 e. The van der Waals surface area contributed by atoms with Crippen molar-refractivity contribution in [3.8, 4) is 11.3 Å². The highest BCUT2D eigenvalue weighted by atomic mass is 16.4. The monoisotopic (exact) mass is 423 g/mol. The average Bonchev–Trinajstić information content (AvgIpc) is 2.84. The number of benzene rings is 3. The van der Waals surface area contributed by atoms with E-state index in [9.17, 15) is 14.7 Å². The topological polar surface area (TPSA) is 92.2 Å². The smallest absolute Gasteiger partial charge is 0.326 e. The van der Waals surface area contributed by atoms with Gasteiger partial charge in [0.25, 0.3) is 0 Å². The molecule has 0 aliphatic heterocycles. The minimum atomic E-state index is -0.960. The molecule has 0 aliphatic carbocycles. The molecule has 1 atom stereocenters. The molecule has 0 bridgehead atoms. The molecule has 32 heavy (non-hydrogen) atoms. The van der Waals surface area contributed by atoms with Gasteiger partial charge in [0.1, 0.15) is 18.2 Å². The molecule has 4 aromatic rings. The van der Waals surface area contributed by atoms with E-state index in [1.807, 2.05) is 60.7 Å². The van der Waals surface area contributed by atoms with Gasteiger partial charge in [-0.3, -0.25) is 4.79 Å². The van der Waals surface area contributed by atoms with Gasteiger partial charge in [-0.1, -0.05) is 84.9 Å². The maximum Gasteiger partial charge on any atom is 0.326 e. The summed E-state index contributed by atoms with van der Waals surface area (Å²) in [6, 6.07) is 26.6. The molecule has 3 aromatic carbocycles. The molecule has 0 fully saturated rings. The molecule has 4 rings (SSSR count). The van der Waals surface area contributed by atoms with Crippen LogP contribution in [-0.2, 0) is 11.2 Å². The fourth-order valence-corrected chi connectivity index (χ4v) is 3.37. The number of carbonyl (C=O) groups excluding carboxylic acids is 1. The summed E-state index contributed by atoms with van der Waals surface area (Å²) < 4.78 is 0. The second-order valence-corrected chi connectivity index (χ2v) is 7.29. The van der Waals surface area contributed by atoms with Crippen LogP contribution in [0, 0.1) is 0 Å². The van der Waals surface area contributed by atoms with Crippen LogP contribution in [0.2, 0.25) is 0 Å². The van der Waals surface area contributed by atoms with Crippen LogP contribution >= 0.6 is 0 Å². The van der Waals surface area contributed by atoms with Crippen molar-refractivity contribution < 1.29 is 14.7 Å². The predicted molar refractivity (Wildman–Crippen MR) is 123 cm³/mol. The number of aromatic nitrogens is 2. The summed E-state index contributed by atoms with van der Waals surface area (Å²) in [6.07, 6.45) is 1.72. The Balaban J connectivity index is 1.51. The van der Waals surface area contributed by atoms with Gasteiger partial charge in [-0.15, -0.1) is 0 Å². The molecule has 2 N–H and O–H groups in total. The van der Waals surface area contributed by atoms with Crippen molar-refractivity contribution in [3.05, 3.63) is 114 Å². The highest BCUT2D eigenvalue weighted by Crippen LogP contribution is 2.21. The standard InChI is InChI=1S/C26H21N3O3/c30-25(20-9-5-2-6-10-20)21-13-11-19(12-14-21)22-16-24(28-17-27-22)29-23(26(31)32)15-18-7-3-1-4-8-18/h1-14,16-17,23H,15H2,(H,31,32)(H,27,28,29). The number of nitrogens with one attached hydrogen (secondary N) is 1. The van der Waals surface area contributed by atoms with Crippen LogP contribution in [0.3, 0.4) is 0 Å². The molecule has 6 heteroatoms. The first-order valence-electron chi connectivity index (χ1n) is 10.2. The van der Waals surface area contributed by atoms with Crippen LogP contribution in [0.25, 0.3) is 11.3 Å². The number of ketones is 1. The Bertz CT molecular complexity index is 1210. The quantitative estimate of drug-likeness (QED) is 0.406. The SMILES string of the molecule is O=C(c1ccccc1)c1ccc(-c2cc(NC(Cc3ccccc3)C(=O)O)ncn2)cc1. The van der Waals surface area contributed by atoms with Gasteiger partial charge in [-0.2, -0.15) is 0 Å². The second kappa shape index (κ2) is 9.66. The fourth-order valence-electron chi connectivity index (χ4n) is 3.37. The van der Waals surface area contributed by atoms with E-state index in [1.165, 1.54) is 6.33 Å². The highest BCUT2D eigenvalue weighted by molar-refractivity contribution is 6.09. The molecule has 0 saturated carbocycles. The zero-order valence-electron chi connectivity index (χ0n) is 17.2. The Morgan fingerprint density at radius 2 is 1.44 bits per heavy atom. The lowest BCUT2D eigenvalue weighted by Gasteiger charge is -2.15. The lowest BCUT2D eigenvalue weighted by Crippen LogP contribution is -2.31. The lowest BCUT2D eigenvalue weighted by molar-refractivity contribution is -0.137. The van der Waals surface area contributed by atoms with Crippen LogP contribution in [0.1, 0.15) is 21.5 Å². The third kappa shape index (κ3) is 5.05. The number of carboxylic acid groups (broad SMARTS) is 1. The number of hydrogen-bond acceptors (Lipinski definition) is 5.